The van der Waals surface area contributed by atoms with Gasteiger partial charge in [-0.2, -0.15) is 11.8 Å². The monoisotopic (exact) mass is 229 g/mol. The van der Waals surface area contributed by atoms with Crippen LogP contribution in [-0.2, 0) is 0 Å². The molecule has 0 radical (unpaired) electrons. The highest BCUT2D eigenvalue weighted by Crippen LogP contribution is 2.17. The van der Waals surface area contributed by atoms with E-state index in [-0.39, 0.29) is 0 Å². The fourth-order valence-electron chi connectivity index (χ4n) is 0.621. The standard InChI is InChI=1S/C4H8INS/c5-6-4-1-2-7-3-4/h4,6H,1-3H2/t4-/m0/s1. The van der Waals surface area contributed by atoms with E-state index in [0.717, 1.165) is 6.04 Å². The maximum absolute atomic E-state index is 3.21. The average Bonchev–Trinajstić information content (AvgIpc) is 2.14. The molecule has 1 fully saturated rings. The minimum Gasteiger partial charge on any atom is -0.257 e. The topological polar surface area (TPSA) is 12.0 Å². The van der Waals surface area contributed by atoms with Crippen LogP contribution in [0.4, 0.5) is 0 Å². The smallest absolute Gasteiger partial charge is 0.0261 e. The molecule has 0 aliphatic carbocycles. The Balaban J connectivity index is 2.14. The summed E-state index contributed by atoms with van der Waals surface area (Å²) in [7, 11) is 0. The zero-order valence-electron chi connectivity index (χ0n) is 3.98. The lowest BCUT2D eigenvalue weighted by atomic mass is 10.3. The third-order valence-electron chi connectivity index (χ3n) is 1.08. The average molecular weight is 229 g/mol. The van der Waals surface area contributed by atoms with Crippen LogP contribution in [0.15, 0.2) is 0 Å². The van der Waals surface area contributed by atoms with Gasteiger partial charge in [0.1, 0.15) is 0 Å². The van der Waals surface area contributed by atoms with Crippen molar-refractivity contribution in [1.82, 2.24) is 3.53 Å². The maximum Gasteiger partial charge on any atom is 0.0261 e. The summed E-state index contributed by atoms with van der Waals surface area (Å²) < 4.78 is 3.21. The van der Waals surface area contributed by atoms with E-state index in [1.807, 2.05) is 11.8 Å². The van der Waals surface area contributed by atoms with Gasteiger partial charge in [0.2, 0.25) is 0 Å². The predicted octanol–water partition coefficient (Wildman–Crippen LogP) is 1.43. The van der Waals surface area contributed by atoms with Crippen molar-refractivity contribution in [2.24, 2.45) is 0 Å². The predicted molar refractivity (Wildman–Crippen MR) is 42.9 cm³/mol. The molecule has 1 aliphatic heterocycles. The summed E-state index contributed by atoms with van der Waals surface area (Å²) in [6.45, 7) is 0. The van der Waals surface area contributed by atoms with Gasteiger partial charge in [0.05, 0.1) is 0 Å². The molecule has 42 valence electrons. The van der Waals surface area contributed by atoms with Crippen LogP contribution in [0.5, 0.6) is 0 Å². The second kappa shape index (κ2) is 3.14. The molecule has 0 unspecified atom stereocenters. The first-order valence-electron chi connectivity index (χ1n) is 2.37. The summed E-state index contributed by atoms with van der Waals surface area (Å²) in [6.07, 6.45) is 1.35. The Kier molecular flexibility index (Phi) is 2.77. The number of nitrogens with one attached hydrogen (secondary N) is 1. The zero-order valence-corrected chi connectivity index (χ0v) is 6.96. The molecule has 0 spiro atoms. The number of rotatable bonds is 1. The molecule has 0 aromatic heterocycles. The fourth-order valence-corrected chi connectivity index (χ4v) is 2.60. The Labute approximate surface area is 62.1 Å². The van der Waals surface area contributed by atoms with Gasteiger partial charge in [-0.25, -0.2) is 0 Å². The van der Waals surface area contributed by atoms with E-state index >= 15 is 0 Å². The molecule has 0 aromatic rings. The van der Waals surface area contributed by atoms with E-state index < -0.39 is 0 Å². The van der Waals surface area contributed by atoms with Gasteiger partial charge in [-0.15, -0.1) is 0 Å². The maximum atomic E-state index is 3.21. The minimum absolute atomic E-state index is 0.797. The van der Waals surface area contributed by atoms with Gasteiger partial charge in [0.15, 0.2) is 0 Å². The van der Waals surface area contributed by atoms with Gasteiger partial charge in [0.25, 0.3) is 0 Å². The second-order valence-corrected chi connectivity index (χ2v) is 3.44. The van der Waals surface area contributed by atoms with E-state index in [4.69, 9.17) is 0 Å². The molecule has 0 bridgehead atoms. The first kappa shape index (κ1) is 6.16. The summed E-state index contributed by atoms with van der Waals surface area (Å²) in [5.74, 6) is 2.66. The molecule has 1 N–H and O–H groups in total. The molecule has 3 heteroatoms. The highest BCUT2D eigenvalue weighted by atomic mass is 127. The molecule has 0 amide bonds. The zero-order chi connectivity index (χ0) is 5.11. The Hall–Kier alpha value is 1.04. The van der Waals surface area contributed by atoms with Crippen molar-refractivity contribution in [3.05, 3.63) is 0 Å². The minimum atomic E-state index is 0.797. The van der Waals surface area contributed by atoms with Crippen LogP contribution < -0.4 is 3.53 Å². The first-order chi connectivity index (χ1) is 3.43. The molecular formula is C4H8INS. The Morgan fingerprint density at radius 1 is 1.71 bits per heavy atom. The molecule has 1 nitrogen and oxygen atoms in total. The van der Waals surface area contributed by atoms with Gasteiger partial charge in [-0.05, 0) is 12.2 Å². The Bertz CT molecular complexity index is 53.7. The van der Waals surface area contributed by atoms with Gasteiger partial charge in [0, 0.05) is 34.7 Å². The van der Waals surface area contributed by atoms with Gasteiger partial charge in [-0.1, -0.05) is 0 Å². The van der Waals surface area contributed by atoms with Gasteiger partial charge >= 0.3 is 0 Å². The van der Waals surface area contributed by atoms with Crippen LogP contribution in [0.2, 0.25) is 0 Å². The quantitative estimate of drug-likeness (QED) is 0.539. The molecule has 1 atom stereocenters. The van der Waals surface area contributed by atoms with Crippen LogP contribution in [0.1, 0.15) is 6.42 Å². The van der Waals surface area contributed by atoms with Crippen molar-refractivity contribution in [2.75, 3.05) is 11.5 Å². The third kappa shape index (κ3) is 1.77. The van der Waals surface area contributed by atoms with Crippen LogP contribution in [0, 0.1) is 0 Å². The largest absolute Gasteiger partial charge is 0.257 e. The summed E-state index contributed by atoms with van der Waals surface area (Å²) in [5, 5.41) is 0. The summed E-state index contributed by atoms with van der Waals surface area (Å²) in [6, 6.07) is 0.797. The number of thioether (sulfide) groups is 1. The summed E-state index contributed by atoms with van der Waals surface area (Å²) >= 11 is 4.27. The van der Waals surface area contributed by atoms with E-state index in [1.54, 1.807) is 0 Å². The van der Waals surface area contributed by atoms with Crippen LogP contribution >= 0.6 is 34.6 Å². The molecule has 0 aromatic carbocycles. The van der Waals surface area contributed by atoms with Crippen LogP contribution in [0.3, 0.4) is 0 Å². The van der Waals surface area contributed by atoms with Crippen molar-refractivity contribution in [3.63, 3.8) is 0 Å². The van der Waals surface area contributed by atoms with Crippen molar-refractivity contribution < 1.29 is 0 Å². The number of hydrogen-bond donors (Lipinski definition) is 1. The van der Waals surface area contributed by atoms with E-state index in [2.05, 4.69) is 26.4 Å². The van der Waals surface area contributed by atoms with Crippen molar-refractivity contribution >= 4 is 34.6 Å². The number of hydrogen-bond acceptors (Lipinski definition) is 2. The van der Waals surface area contributed by atoms with Crippen molar-refractivity contribution in [3.8, 4) is 0 Å². The highest BCUT2D eigenvalue weighted by Gasteiger charge is 2.12. The molecular weight excluding hydrogens is 221 g/mol. The number of halogens is 1. The fraction of sp³-hybridized carbons (Fsp3) is 1.00. The lowest BCUT2D eigenvalue weighted by Gasteiger charge is -2.00. The summed E-state index contributed by atoms with van der Waals surface area (Å²) in [4.78, 5) is 0. The first-order valence-corrected chi connectivity index (χ1v) is 4.60. The SMILES string of the molecule is IN[C@H]1CCSC1. The van der Waals surface area contributed by atoms with Crippen molar-refractivity contribution in [2.45, 2.75) is 12.5 Å². The molecule has 1 rings (SSSR count). The molecule has 7 heavy (non-hydrogen) atoms. The molecule has 1 saturated heterocycles. The third-order valence-corrected chi connectivity index (χ3v) is 3.13. The van der Waals surface area contributed by atoms with Gasteiger partial charge in [-0.3, -0.25) is 3.53 Å². The van der Waals surface area contributed by atoms with E-state index in [9.17, 15) is 0 Å². The summed E-state index contributed by atoms with van der Waals surface area (Å²) in [5.41, 5.74) is 0. The van der Waals surface area contributed by atoms with E-state index in [1.165, 1.54) is 17.9 Å². The Morgan fingerprint density at radius 2 is 2.57 bits per heavy atom. The van der Waals surface area contributed by atoms with Crippen LogP contribution in [-0.4, -0.2) is 17.5 Å². The lowest BCUT2D eigenvalue weighted by molar-refractivity contribution is 0.728. The molecule has 1 aliphatic rings. The van der Waals surface area contributed by atoms with Crippen molar-refractivity contribution in [1.29, 1.82) is 0 Å². The highest BCUT2D eigenvalue weighted by molar-refractivity contribution is 14.1. The van der Waals surface area contributed by atoms with Crippen LogP contribution in [0.25, 0.3) is 0 Å². The lowest BCUT2D eigenvalue weighted by Crippen LogP contribution is -2.17. The molecule has 0 saturated carbocycles. The second-order valence-electron chi connectivity index (χ2n) is 1.67. The van der Waals surface area contributed by atoms with Gasteiger partial charge < -0.3 is 0 Å². The Morgan fingerprint density at radius 3 is 2.86 bits per heavy atom. The molecule has 1 heterocycles. The normalized spacial score (nSPS) is 31.3. The van der Waals surface area contributed by atoms with E-state index in [0.29, 0.717) is 0 Å².